The Morgan fingerprint density at radius 3 is 2.53 bits per heavy atom. The van der Waals surface area contributed by atoms with E-state index in [1.165, 1.54) is 0 Å². The van der Waals surface area contributed by atoms with Crippen LogP contribution < -0.4 is 5.32 Å². The van der Waals surface area contributed by atoms with Crippen molar-refractivity contribution in [2.75, 3.05) is 7.05 Å². The van der Waals surface area contributed by atoms with Crippen LogP contribution in [-0.2, 0) is 4.79 Å². The Morgan fingerprint density at radius 2 is 2.06 bits per heavy atom. The summed E-state index contributed by atoms with van der Waals surface area (Å²) in [4.78, 5) is 10.7. The van der Waals surface area contributed by atoms with Gasteiger partial charge in [-0.3, -0.25) is 4.79 Å². The second kappa shape index (κ2) is 5.80. The Kier molecular flexibility index (Phi) is 4.66. The van der Waals surface area contributed by atoms with Crippen molar-refractivity contribution < 1.29 is 15.0 Å². The maximum atomic E-state index is 10.7. The first-order chi connectivity index (χ1) is 7.95. The molecule has 0 aliphatic heterocycles. The van der Waals surface area contributed by atoms with Gasteiger partial charge in [0, 0.05) is 6.04 Å². The number of likely N-dealkylation sites (N-methyl/N-ethyl adjacent to an activating group) is 1. The molecule has 0 radical (unpaired) electrons. The van der Waals surface area contributed by atoms with E-state index >= 15 is 0 Å². The number of carbonyl (C=O) groups is 1. The van der Waals surface area contributed by atoms with Crippen LogP contribution in [0, 0.1) is 13.8 Å². The molecule has 0 aromatic heterocycles. The Hall–Kier alpha value is -1.39. The third-order valence-corrected chi connectivity index (χ3v) is 2.89. The number of hydrogen-bond acceptors (Lipinski definition) is 3. The van der Waals surface area contributed by atoms with Crippen LogP contribution in [0.15, 0.2) is 18.2 Å². The van der Waals surface area contributed by atoms with Gasteiger partial charge in [0.1, 0.15) is 0 Å². The molecule has 2 atom stereocenters. The lowest BCUT2D eigenvalue weighted by Gasteiger charge is -2.22. The fourth-order valence-electron chi connectivity index (χ4n) is 1.93. The third kappa shape index (κ3) is 3.54. The minimum atomic E-state index is -0.923. The van der Waals surface area contributed by atoms with E-state index in [4.69, 9.17) is 5.11 Å². The zero-order valence-electron chi connectivity index (χ0n) is 10.4. The molecule has 0 spiro atoms. The zero-order chi connectivity index (χ0) is 13.0. The number of aliphatic hydroxyl groups excluding tert-OH is 1. The van der Waals surface area contributed by atoms with Crippen LogP contribution in [0.2, 0.25) is 0 Å². The molecule has 0 heterocycles. The normalized spacial score (nSPS) is 14.4. The van der Waals surface area contributed by atoms with E-state index in [1.54, 1.807) is 7.05 Å². The van der Waals surface area contributed by atoms with Gasteiger partial charge in [-0.25, -0.2) is 0 Å². The smallest absolute Gasteiger partial charge is 0.305 e. The van der Waals surface area contributed by atoms with Crippen molar-refractivity contribution >= 4 is 5.97 Å². The van der Waals surface area contributed by atoms with Gasteiger partial charge in [0.25, 0.3) is 0 Å². The molecule has 0 aliphatic rings. The van der Waals surface area contributed by atoms with Gasteiger partial charge in [-0.1, -0.05) is 23.8 Å². The molecule has 0 amide bonds. The highest BCUT2D eigenvalue weighted by molar-refractivity contribution is 5.67. The lowest BCUT2D eigenvalue weighted by Crippen LogP contribution is -2.34. The second-order valence-electron chi connectivity index (χ2n) is 4.30. The van der Waals surface area contributed by atoms with Crippen LogP contribution in [0.25, 0.3) is 0 Å². The molecular weight excluding hydrogens is 218 g/mol. The molecule has 17 heavy (non-hydrogen) atoms. The molecule has 1 rings (SSSR count). The Morgan fingerprint density at radius 1 is 1.41 bits per heavy atom. The predicted octanol–water partition coefficient (Wildman–Crippen LogP) is 1.40. The Labute approximate surface area is 101 Å². The largest absolute Gasteiger partial charge is 0.481 e. The highest BCUT2D eigenvalue weighted by atomic mass is 16.4. The second-order valence-corrected chi connectivity index (χ2v) is 4.30. The average molecular weight is 237 g/mol. The summed E-state index contributed by atoms with van der Waals surface area (Å²) in [6.45, 7) is 3.90. The number of carboxylic acid groups (broad SMARTS) is 1. The first kappa shape index (κ1) is 13.7. The maximum absolute atomic E-state index is 10.7. The van der Waals surface area contributed by atoms with Gasteiger partial charge in [-0.15, -0.1) is 0 Å². The van der Waals surface area contributed by atoms with E-state index < -0.39 is 18.1 Å². The van der Waals surface area contributed by atoms with Gasteiger partial charge in [0.2, 0.25) is 0 Å². The van der Waals surface area contributed by atoms with Gasteiger partial charge < -0.3 is 15.5 Å². The topological polar surface area (TPSA) is 69.6 Å². The van der Waals surface area contributed by atoms with Gasteiger partial charge >= 0.3 is 5.97 Å². The molecular formula is C13H19NO3. The van der Waals surface area contributed by atoms with Crippen LogP contribution in [0.1, 0.15) is 29.2 Å². The van der Waals surface area contributed by atoms with E-state index in [2.05, 4.69) is 5.32 Å². The Bertz CT molecular complexity index is 404. The molecule has 0 fully saturated rings. The highest BCUT2D eigenvalue weighted by Gasteiger charge is 2.23. The standard InChI is InChI=1S/C13H19NO3/c1-8-4-5-10(9(2)6-8)13(17)11(14-3)7-12(15)16/h4-6,11,13-14,17H,7H2,1-3H3,(H,15,16). The first-order valence-electron chi connectivity index (χ1n) is 5.60. The summed E-state index contributed by atoms with van der Waals surface area (Å²) < 4.78 is 0. The molecule has 0 aliphatic carbocycles. The van der Waals surface area contributed by atoms with Crippen LogP contribution in [0.3, 0.4) is 0 Å². The van der Waals surface area contributed by atoms with E-state index in [9.17, 15) is 9.90 Å². The summed E-state index contributed by atoms with van der Waals surface area (Å²) in [5.41, 5.74) is 2.87. The van der Waals surface area contributed by atoms with Crippen LogP contribution in [0.5, 0.6) is 0 Å². The number of carboxylic acids is 1. The van der Waals surface area contributed by atoms with Crippen LogP contribution in [0.4, 0.5) is 0 Å². The molecule has 1 aromatic carbocycles. The number of aliphatic carboxylic acids is 1. The molecule has 3 N–H and O–H groups in total. The van der Waals surface area contributed by atoms with Crippen molar-refractivity contribution in [3.05, 3.63) is 34.9 Å². The molecule has 0 saturated heterocycles. The van der Waals surface area contributed by atoms with Gasteiger partial charge in [0.05, 0.1) is 12.5 Å². The van der Waals surface area contributed by atoms with E-state index in [0.29, 0.717) is 0 Å². The predicted molar refractivity (Wildman–Crippen MR) is 66.0 cm³/mol. The summed E-state index contributed by atoms with van der Waals surface area (Å²) in [5.74, 6) is -0.923. The zero-order valence-corrected chi connectivity index (χ0v) is 10.4. The molecule has 4 nitrogen and oxygen atoms in total. The SMILES string of the molecule is CNC(CC(=O)O)C(O)c1ccc(C)cc1C. The lowest BCUT2D eigenvalue weighted by atomic mass is 9.95. The number of benzene rings is 1. The van der Waals surface area contributed by atoms with E-state index in [-0.39, 0.29) is 6.42 Å². The van der Waals surface area contributed by atoms with Crippen LogP contribution in [-0.4, -0.2) is 29.3 Å². The maximum Gasteiger partial charge on any atom is 0.305 e. The fraction of sp³-hybridized carbons (Fsp3) is 0.462. The molecule has 1 aromatic rings. The van der Waals surface area contributed by atoms with Crippen molar-refractivity contribution in [1.29, 1.82) is 0 Å². The summed E-state index contributed by atoms with van der Waals surface area (Å²) in [6, 6.07) is 5.26. The third-order valence-electron chi connectivity index (χ3n) is 2.89. The van der Waals surface area contributed by atoms with Crippen molar-refractivity contribution in [3.63, 3.8) is 0 Å². The number of aliphatic hydroxyl groups is 1. The minimum Gasteiger partial charge on any atom is -0.481 e. The van der Waals surface area contributed by atoms with E-state index in [0.717, 1.165) is 16.7 Å². The number of rotatable bonds is 5. The summed E-state index contributed by atoms with van der Waals surface area (Å²) in [7, 11) is 1.65. The number of aryl methyl sites for hydroxylation is 2. The van der Waals surface area contributed by atoms with Gasteiger partial charge in [-0.05, 0) is 32.0 Å². The first-order valence-corrected chi connectivity index (χ1v) is 5.60. The minimum absolute atomic E-state index is 0.106. The van der Waals surface area contributed by atoms with Gasteiger partial charge in [0.15, 0.2) is 0 Å². The molecule has 4 heteroatoms. The fourth-order valence-corrected chi connectivity index (χ4v) is 1.93. The number of nitrogens with one attached hydrogen (secondary N) is 1. The van der Waals surface area contributed by atoms with Gasteiger partial charge in [-0.2, -0.15) is 0 Å². The van der Waals surface area contributed by atoms with Crippen LogP contribution >= 0.6 is 0 Å². The van der Waals surface area contributed by atoms with Crippen molar-refractivity contribution in [2.45, 2.75) is 32.4 Å². The summed E-state index contributed by atoms with van der Waals surface area (Å²) in [6.07, 6.45) is -0.915. The molecule has 94 valence electrons. The lowest BCUT2D eigenvalue weighted by molar-refractivity contribution is -0.138. The Balaban J connectivity index is 2.93. The highest BCUT2D eigenvalue weighted by Crippen LogP contribution is 2.23. The molecule has 0 bridgehead atoms. The summed E-state index contributed by atoms with van der Waals surface area (Å²) in [5, 5.41) is 21.8. The van der Waals surface area contributed by atoms with Crippen molar-refractivity contribution in [2.24, 2.45) is 0 Å². The van der Waals surface area contributed by atoms with Crippen molar-refractivity contribution in [3.8, 4) is 0 Å². The number of hydrogen-bond donors (Lipinski definition) is 3. The van der Waals surface area contributed by atoms with E-state index in [1.807, 2.05) is 32.0 Å². The molecule has 2 unspecified atom stereocenters. The summed E-state index contributed by atoms with van der Waals surface area (Å²) >= 11 is 0. The molecule has 0 saturated carbocycles. The average Bonchev–Trinajstić information content (AvgIpc) is 2.24. The van der Waals surface area contributed by atoms with Crippen molar-refractivity contribution in [1.82, 2.24) is 5.32 Å². The monoisotopic (exact) mass is 237 g/mol. The quantitative estimate of drug-likeness (QED) is 0.724.